The molecule has 0 aromatic heterocycles. The number of allylic oxidation sites excluding steroid dienone is 1. The molecule has 3 rings (SSSR count). The number of carbonyl (C=O) groups excluding carboxylic acids is 1. The largest absolute Gasteiger partial charge is 0.549 e. The fraction of sp³-hybridized carbons (Fsp3) is 0.400. The molecule has 0 bridgehead atoms. The van der Waals surface area contributed by atoms with Gasteiger partial charge in [-0.3, -0.25) is 0 Å². The number of carbonyl (C=O) groups is 1. The molecular formula is C20H15F3N3O2-. The van der Waals surface area contributed by atoms with Gasteiger partial charge in [-0.15, -0.1) is 0 Å². The normalized spacial score (nSPS) is 26.4. The Balaban J connectivity index is 2.26. The molecule has 5 nitrogen and oxygen atoms in total. The van der Waals surface area contributed by atoms with Crippen molar-refractivity contribution in [2.24, 2.45) is 17.3 Å². The van der Waals surface area contributed by atoms with Crippen LogP contribution in [-0.4, -0.2) is 11.7 Å². The Hall–Kier alpha value is -3.13. The average Bonchev–Trinajstić information content (AvgIpc) is 2.66. The van der Waals surface area contributed by atoms with E-state index >= 15 is 0 Å². The first-order chi connectivity index (χ1) is 13.2. The number of nitrogens with one attached hydrogen (secondary N) is 1. The van der Waals surface area contributed by atoms with Gasteiger partial charge < -0.3 is 15.3 Å². The van der Waals surface area contributed by atoms with E-state index in [9.17, 15) is 33.6 Å². The fourth-order valence-corrected chi connectivity index (χ4v) is 4.41. The Morgan fingerprint density at radius 2 is 1.96 bits per heavy atom. The average molecular weight is 386 g/mol. The summed E-state index contributed by atoms with van der Waals surface area (Å²) in [7, 11) is 0. The van der Waals surface area contributed by atoms with E-state index in [0.717, 1.165) is 12.1 Å². The van der Waals surface area contributed by atoms with Crippen molar-refractivity contribution < 1.29 is 23.1 Å². The highest BCUT2D eigenvalue weighted by Crippen LogP contribution is 2.55. The maximum absolute atomic E-state index is 13.2. The van der Waals surface area contributed by atoms with Crippen molar-refractivity contribution in [3.63, 3.8) is 0 Å². The second-order valence-corrected chi connectivity index (χ2v) is 7.04. The predicted molar refractivity (Wildman–Crippen MR) is 89.5 cm³/mol. The van der Waals surface area contributed by atoms with Gasteiger partial charge in [0.15, 0.2) is 5.41 Å². The SMILES string of the molecule is N#CC1(C#N)C(=N)[C@@H](C(=O)[O-])C2=CCCC[C@@H]2[C@H]1c1cccc(C(F)(F)F)c1. The summed E-state index contributed by atoms with van der Waals surface area (Å²) in [5.74, 6) is -4.81. The zero-order chi connectivity index (χ0) is 20.7. The molecule has 3 atom stereocenters. The Kier molecular flexibility index (Phi) is 4.76. The molecule has 144 valence electrons. The molecule has 1 fully saturated rings. The second kappa shape index (κ2) is 6.79. The molecule has 1 saturated carbocycles. The standard InChI is InChI=1S/C20H16F3N3O2/c21-20(22,23)12-5-3-4-11(8-12)16-14-7-2-1-6-13(14)15(18(27)28)17(26)19(16,9-24)10-25/h3-6,8,14-16,26H,1-2,7H2,(H,27,28)/p-1/t14-,15-,16+/m0/s1. The first kappa shape index (κ1) is 19.6. The lowest BCUT2D eigenvalue weighted by atomic mass is 9.53. The van der Waals surface area contributed by atoms with Crippen molar-refractivity contribution in [1.29, 1.82) is 15.9 Å². The third-order valence-electron chi connectivity index (χ3n) is 5.60. The molecule has 0 spiro atoms. The van der Waals surface area contributed by atoms with Crippen LogP contribution in [0.15, 0.2) is 35.9 Å². The van der Waals surface area contributed by atoms with Gasteiger partial charge in [0.1, 0.15) is 0 Å². The maximum Gasteiger partial charge on any atom is 0.416 e. The van der Waals surface area contributed by atoms with Crippen molar-refractivity contribution >= 4 is 11.7 Å². The van der Waals surface area contributed by atoms with Crippen molar-refractivity contribution in [2.75, 3.05) is 0 Å². The number of hydrogen-bond acceptors (Lipinski definition) is 5. The molecule has 8 heteroatoms. The lowest BCUT2D eigenvalue weighted by molar-refractivity contribution is -0.308. The highest BCUT2D eigenvalue weighted by atomic mass is 19.4. The van der Waals surface area contributed by atoms with Gasteiger partial charge in [-0.05, 0) is 36.8 Å². The molecule has 0 heterocycles. The Morgan fingerprint density at radius 3 is 2.54 bits per heavy atom. The Labute approximate surface area is 159 Å². The number of halogens is 3. The van der Waals surface area contributed by atoms with E-state index in [1.54, 1.807) is 18.2 Å². The summed E-state index contributed by atoms with van der Waals surface area (Å²) < 4.78 is 39.6. The van der Waals surface area contributed by atoms with Gasteiger partial charge in [-0.25, -0.2) is 0 Å². The third-order valence-corrected chi connectivity index (χ3v) is 5.60. The number of rotatable bonds is 2. The van der Waals surface area contributed by atoms with Gasteiger partial charge >= 0.3 is 6.18 Å². The molecule has 1 N–H and O–H groups in total. The summed E-state index contributed by atoms with van der Waals surface area (Å²) in [6.45, 7) is 0. The number of fused-ring (bicyclic) bond motifs is 1. The highest BCUT2D eigenvalue weighted by molar-refractivity contribution is 6.09. The van der Waals surface area contributed by atoms with E-state index in [1.807, 2.05) is 0 Å². The summed E-state index contributed by atoms with van der Waals surface area (Å²) in [5, 5.41) is 39.6. The molecule has 0 saturated heterocycles. The Bertz CT molecular complexity index is 939. The van der Waals surface area contributed by atoms with Crippen molar-refractivity contribution in [3.8, 4) is 12.1 Å². The molecule has 0 unspecified atom stereocenters. The van der Waals surface area contributed by atoms with Crippen LogP contribution in [0.25, 0.3) is 0 Å². The van der Waals surface area contributed by atoms with Gasteiger partial charge in [0.25, 0.3) is 0 Å². The predicted octanol–water partition coefficient (Wildman–Crippen LogP) is 2.95. The summed E-state index contributed by atoms with van der Waals surface area (Å²) in [6.07, 6.45) is -1.34. The van der Waals surface area contributed by atoms with Crippen molar-refractivity contribution in [2.45, 2.75) is 31.4 Å². The lowest BCUT2D eigenvalue weighted by Crippen LogP contribution is -2.54. The van der Waals surface area contributed by atoms with Crippen LogP contribution in [0.3, 0.4) is 0 Å². The number of carboxylic acid groups (broad SMARTS) is 1. The van der Waals surface area contributed by atoms with Crippen LogP contribution in [0.1, 0.15) is 36.3 Å². The smallest absolute Gasteiger partial charge is 0.416 e. The second-order valence-electron chi connectivity index (χ2n) is 7.04. The van der Waals surface area contributed by atoms with E-state index in [1.165, 1.54) is 12.1 Å². The van der Waals surface area contributed by atoms with Gasteiger partial charge in [-0.1, -0.05) is 29.8 Å². The molecule has 2 aliphatic rings. The van der Waals surface area contributed by atoms with E-state index < -0.39 is 46.6 Å². The number of nitrogens with zero attached hydrogens (tertiary/aromatic N) is 2. The quantitative estimate of drug-likeness (QED) is 0.788. The van der Waals surface area contributed by atoms with Crippen LogP contribution in [0.4, 0.5) is 13.2 Å². The van der Waals surface area contributed by atoms with Gasteiger partial charge in [0, 0.05) is 5.92 Å². The maximum atomic E-state index is 13.2. The van der Waals surface area contributed by atoms with E-state index in [4.69, 9.17) is 5.41 Å². The zero-order valence-corrected chi connectivity index (χ0v) is 14.6. The third kappa shape index (κ3) is 2.86. The van der Waals surface area contributed by atoms with E-state index in [0.29, 0.717) is 24.8 Å². The molecular weight excluding hydrogens is 371 g/mol. The molecule has 1 aromatic rings. The van der Waals surface area contributed by atoms with E-state index in [2.05, 4.69) is 0 Å². The summed E-state index contributed by atoms with van der Waals surface area (Å²) >= 11 is 0. The van der Waals surface area contributed by atoms with E-state index in [-0.39, 0.29) is 5.56 Å². The number of nitriles is 2. The Morgan fingerprint density at radius 1 is 1.29 bits per heavy atom. The minimum absolute atomic E-state index is 0.0947. The first-order valence-electron chi connectivity index (χ1n) is 8.66. The topological polar surface area (TPSA) is 112 Å². The van der Waals surface area contributed by atoms with Crippen molar-refractivity contribution in [3.05, 3.63) is 47.0 Å². The molecule has 2 aliphatic carbocycles. The van der Waals surface area contributed by atoms with Gasteiger partial charge in [0.2, 0.25) is 0 Å². The molecule has 0 radical (unpaired) electrons. The molecule has 28 heavy (non-hydrogen) atoms. The molecule has 0 amide bonds. The van der Waals surface area contributed by atoms with Crippen molar-refractivity contribution in [1.82, 2.24) is 0 Å². The summed E-state index contributed by atoms with van der Waals surface area (Å²) in [4.78, 5) is 11.7. The first-order valence-corrected chi connectivity index (χ1v) is 8.66. The molecule has 1 aromatic carbocycles. The van der Waals surface area contributed by atoms with Gasteiger partial charge in [-0.2, -0.15) is 23.7 Å². The van der Waals surface area contributed by atoms with Crippen LogP contribution >= 0.6 is 0 Å². The number of benzene rings is 1. The van der Waals surface area contributed by atoms with Crippen LogP contribution in [0, 0.1) is 45.3 Å². The summed E-state index contributed by atoms with van der Waals surface area (Å²) in [6, 6.07) is 7.87. The summed E-state index contributed by atoms with van der Waals surface area (Å²) in [5.41, 5.74) is -3.32. The molecule has 0 aliphatic heterocycles. The minimum atomic E-state index is -4.61. The van der Waals surface area contributed by atoms with Crippen LogP contribution < -0.4 is 5.11 Å². The van der Waals surface area contributed by atoms with Gasteiger partial charge in [0.05, 0.1) is 35.3 Å². The highest BCUT2D eigenvalue weighted by Gasteiger charge is 2.57. The van der Waals surface area contributed by atoms with Crippen LogP contribution in [-0.2, 0) is 11.0 Å². The number of aliphatic carboxylic acids is 1. The number of hydrogen-bond donors (Lipinski definition) is 1. The number of carboxylic acids is 1. The zero-order valence-electron chi connectivity index (χ0n) is 14.6. The van der Waals surface area contributed by atoms with Crippen LogP contribution in [0.2, 0.25) is 0 Å². The fourth-order valence-electron chi connectivity index (χ4n) is 4.41. The minimum Gasteiger partial charge on any atom is -0.549 e. The van der Waals surface area contributed by atoms with Crippen LogP contribution in [0.5, 0.6) is 0 Å². The lowest BCUT2D eigenvalue weighted by Gasteiger charge is -2.48. The number of alkyl halides is 3. The monoisotopic (exact) mass is 386 g/mol.